The highest BCUT2D eigenvalue weighted by molar-refractivity contribution is 5.79. The third-order valence-electron chi connectivity index (χ3n) is 3.62. The van der Waals surface area contributed by atoms with E-state index in [1.807, 2.05) is 13.8 Å². The molecule has 0 saturated carbocycles. The Hall–Kier alpha value is -1.05. The largest absolute Gasteiger partial charge is 0.392 e. The first-order valence-electron chi connectivity index (χ1n) is 7.10. The van der Waals surface area contributed by atoms with Gasteiger partial charge in [-0.3, -0.25) is 9.69 Å². The van der Waals surface area contributed by atoms with Gasteiger partial charge in [0.25, 0.3) is 0 Å². The van der Waals surface area contributed by atoms with Crippen LogP contribution in [-0.2, 0) is 4.79 Å². The van der Waals surface area contributed by atoms with Crippen LogP contribution < -0.4 is 0 Å². The molecule has 1 aliphatic heterocycles. The third kappa shape index (κ3) is 4.85. The zero-order valence-electron chi connectivity index (χ0n) is 12.3. The maximum absolute atomic E-state index is 12.5. The van der Waals surface area contributed by atoms with Crippen molar-refractivity contribution in [3.63, 3.8) is 0 Å². The highest BCUT2D eigenvalue weighted by atomic mass is 16.3. The van der Waals surface area contributed by atoms with Gasteiger partial charge in [0.2, 0.25) is 5.91 Å². The normalized spacial score (nSPS) is 19.2. The van der Waals surface area contributed by atoms with E-state index in [1.54, 1.807) is 11.8 Å². The summed E-state index contributed by atoms with van der Waals surface area (Å²) < 4.78 is 0. The fraction of sp³-hybridized carbons (Fsp3) is 0.800. The number of rotatable bonds is 5. The Balaban J connectivity index is 2.55. The Morgan fingerprint density at radius 2 is 2.00 bits per heavy atom. The molecule has 0 aromatic carbocycles. The number of terminal acetylenes is 1. The number of carbonyl (C=O) groups is 1. The van der Waals surface area contributed by atoms with Gasteiger partial charge in [0.15, 0.2) is 0 Å². The summed E-state index contributed by atoms with van der Waals surface area (Å²) in [4.78, 5) is 16.5. The van der Waals surface area contributed by atoms with Crippen molar-refractivity contribution in [2.24, 2.45) is 5.92 Å². The summed E-state index contributed by atoms with van der Waals surface area (Å²) >= 11 is 0. The minimum Gasteiger partial charge on any atom is -0.392 e. The molecule has 1 unspecified atom stereocenters. The van der Waals surface area contributed by atoms with Crippen LogP contribution in [0.15, 0.2) is 0 Å². The van der Waals surface area contributed by atoms with Crippen molar-refractivity contribution in [1.29, 1.82) is 0 Å². The van der Waals surface area contributed by atoms with Crippen molar-refractivity contribution < 1.29 is 9.90 Å². The molecule has 0 aromatic heterocycles. The molecule has 4 nitrogen and oxygen atoms in total. The molecule has 1 amide bonds. The van der Waals surface area contributed by atoms with Gasteiger partial charge in [0.05, 0.1) is 12.6 Å². The Morgan fingerprint density at radius 1 is 1.42 bits per heavy atom. The highest BCUT2D eigenvalue weighted by Crippen LogP contribution is 2.20. The van der Waals surface area contributed by atoms with Gasteiger partial charge < -0.3 is 10.0 Å². The third-order valence-corrected chi connectivity index (χ3v) is 3.62. The van der Waals surface area contributed by atoms with Gasteiger partial charge in [-0.1, -0.05) is 5.92 Å². The van der Waals surface area contributed by atoms with E-state index in [-0.39, 0.29) is 17.9 Å². The van der Waals surface area contributed by atoms with Gasteiger partial charge in [0, 0.05) is 18.5 Å². The molecule has 1 heterocycles. The molecule has 19 heavy (non-hydrogen) atoms. The molecule has 1 saturated heterocycles. The van der Waals surface area contributed by atoms with Crippen molar-refractivity contribution in [3.05, 3.63) is 0 Å². The lowest BCUT2D eigenvalue weighted by molar-refractivity contribution is -0.140. The molecule has 1 aliphatic rings. The SMILES string of the molecule is C#CCN1CCC(C(=O)N(CC(C)O)C(C)C)CC1. The van der Waals surface area contributed by atoms with Crippen molar-refractivity contribution in [1.82, 2.24) is 9.80 Å². The summed E-state index contributed by atoms with van der Waals surface area (Å²) in [6, 6.07) is 0.130. The van der Waals surface area contributed by atoms with Crippen LogP contribution in [0.3, 0.4) is 0 Å². The van der Waals surface area contributed by atoms with E-state index in [2.05, 4.69) is 10.8 Å². The number of hydrogen-bond acceptors (Lipinski definition) is 3. The number of aliphatic hydroxyl groups is 1. The smallest absolute Gasteiger partial charge is 0.226 e. The summed E-state index contributed by atoms with van der Waals surface area (Å²) in [7, 11) is 0. The Morgan fingerprint density at radius 3 is 2.42 bits per heavy atom. The number of hydrogen-bond donors (Lipinski definition) is 1. The van der Waals surface area contributed by atoms with Gasteiger partial charge in [-0.25, -0.2) is 0 Å². The predicted octanol–water partition coefficient (Wildman–Crippen LogP) is 0.949. The summed E-state index contributed by atoms with van der Waals surface area (Å²) in [5, 5.41) is 9.51. The van der Waals surface area contributed by atoms with E-state index in [0.29, 0.717) is 13.1 Å². The molecule has 1 atom stereocenters. The van der Waals surface area contributed by atoms with E-state index in [1.165, 1.54) is 0 Å². The van der Waals surface area contributed by atoms with Gasteiger partial charge >= 0.3 is 0 Å². The first kappa shape index (κ1) is 16.0. The molecule has 1 N–H and O–H groups in total. The standard InChI is InChI=1S/C15H26N2O2/c1-5-8-16-9-6-14(7-10-16)15(19)17(12(2)3)11-13(4)18/h1,12-14,18H,6-11H2,2-4H3. The summed E-state index contributed by atoms with van der Waals surface area (Å²) in [5.41, 5.74) is 0. The number of carbonyl (C=O) groups excluding carboxylic acids is 1. The molecule has 0 bridgehead atoms. The highest BCUT2D eigenvalue weighted by Gasteiger charge is 2.29. The average Bonchev–Trinajstić information content (AvgIpc) is 2.36. The van der Waals surface area contributed by atoms with Crippen LogP contribution in [0, 0.1) is 18.3 Å². The van der Waals surface area contributed by atoms with E-state index in [4.69, 9.17) is 6.42 Å². The van der Waals surface area contributed by atoms with E-state index < -0.39 is 6.10 Å². The van der Waals surface area contributed by atoms with Gasteiger partial charge in [-0.05, 0) is 46.7 Å². The molecule has 0 radical (unpaired) electrons. The zero-order chi connectivity index (χ0) is 14.4. The number of piperidine rings is 1. The van der Waals surface area contributed by atoms with Crippen LogP contribution in [0.2, 0.25) is 0 Å². The maximum Gasteiger partial charge on any atom is 0.226 e. The van der Waals surface area contributed by atoms with Crippen LogP contribution in [-0.4, -0.2) is 59.1 Å². The van der Waals surface area contributed by atoms with Crippen LogP contribution in [0.1, 0.15) is 33.6 Å². The van der Waals surface area contributed by atoms with Crippen molar-refractivity contribution in [2.45, 2.75) is 45.8 Å². The second-order valence-corrected chi connectivity index (χ2v) is 5.69. The molecule has 0 aromatic rings. The van der Waals surface area contributed by atoms with Crippen molar-refractivity contribution in [2.75, 3.05) is 26.2 Å². The molecule has 1 fully saturated rings. The molecule has 1 rings (SSSR count). The molecule has 108 valence electrons. The topological polar surface area (TPSA) is 43.8 Å². The molecule has 0 aliphatic carbocycles. The van der Waals surface area contributed by atoms with Gasteiger partial charge in [-0.2, -0.15) is 0 Å². The first-order valence-corrected chi connectivity index (χ1v) is 7.10. The number of likely N-dealkylation sites (tertiary alicyclic amines) is 1. The van der Waals surface area contributed by atoms with Crippen LogP contribution >= 0.6 is 0 Å². The quantitative estimate of drug-likeness (QED) is 0.754. The monoisotopic (exact) mass is 266 g/mol. The Kier molecular flexibility index (Phi) is 6.33. The number of amides is 1. The second-order valence-electron chi connectivity index (χ2n) is 5.69. The molecular weight excluding hydrogens is 240 g/mol. The minimum atomic E-state index is -0.479. The second kappa shape index (κ2) is 7.52. The van der Waals surface area contributed by atoms with Crippen LogP contribution in [0.5, 0.6) is 0 Å². The maximum atomic E-state index is 12.5. The lowest BCUT2D eigenvalue weighted by atomic mass is 9.94. The van der Waals surface area contributed by atoms with Crippen molar-refractivity contribution in [3.8, 4) is 12.3 Å². The molecule has 0 spiro atoms. The van der Waals surface area contributed by atoms with Crippen LogP contribution in [0.4, 0.5) is 0 Å². The molecule has 4 heteroatoms. The zero-order valence-corrected chi connectivity index (χ0v) is 12.3. The van der Waals surface area contributed by atoms with Crippen LogP contribution in [0.25, 0.3) is 0 Å². The lowest BCUT2D eigenvalue weighted by Crippen LogP contribution is -2.47. The minimum absolute atomic E-state index is 0.0789. The van der Waals surface area contributed by atoms with Gasteiger partial charge in [0.1, 0.15) is 0 Å². The summed E-state index contributed by atoms with van der Waals surface area (Å²) in [6.45, 7) is 8.58. The number of nitrogens with zero attached hydrogens (tertiary/aromatic N) is 2. The lowest BCUT2D eigenvalue weighted by Gasteiger charge is -2.35. The van der Waals surface area contributed by atoms with Crippen molar-refractivity contribution >= 4 is 5.91 Å². The van der Waals surface area contributed by atoms with Gasteiger partial charge in [-0.15, -0.1) is 6.42 Å². The Labute approximate surface area is 116 Å². The first-order chi connectivity index (χ1) is 8.95. The van der Waals surface area contributed by atoms with E-state index in [9.17, 15) is 9.90 Å². The number of aliphatic hydroxyl groups excluding tert-OH is 1. The van der Waals surface area contributed by atoms with E-state index >= 15 is 0 Å². The summed E-state index contributed by atoms with van der Waals surface area (Å²) in [6.07, 6.45) is 6.55. The Bertz CT molecular complexity index is 326. The fourth-order valence-corrected chi connectivity index (χ4v) is 2.54. The summed E-state index contributed by atoms with van der Waals surface area (Å²) in [5.74, 6) is 2.90. The van der Waals surface area contributed by atoms with E-state index in [0.717, 1.165) is 25.9 Å². The predicted molar refractivity (Wildman–Crippen MR) is 76.5 cm³/mol. The fourth-order valence-electron chi connectivity index (χ4n) is 2.54. The average molecular weight is 266 g/mol. The molecular formula is C15H26N2O2.